The van der Waals surface area contributed by atoms with E-state index in [-0.39, 0.29) is 5.91 Å². The Bertz CT molecular complexity index is 697. The molecule has 0 spiro atoms. The van der Waals surface area contributed by atoms with Crippen molar-refractivity contribution in [1.82, 2.24) is 5.32 Å². The summed E-state index contributed by atoms with van der Waals surface area (Å²) in [4.78, 5) is 13.1. The van der Waals surface area contributed by atoms with E-state index in [9.17, 15) is 4.79 Å². The van der Waals surface area contributed by atoms with Crippen molar-refractivity contribution < 1.29 is 9.53 Å². The minimum Gasteiger partial charge on any atom is -0.493 e. The minimum atomic E-state index is 0.124. The summed E-state index contributed by atoms with van der Waals surface area (Å²) in [5, 5.41) is 3.01. The zero-order chi connectivity index (χ0) is 16.8. The third kappa shape index (κ3) is 4.78. The van der Waals surface area contributed by atoms with Crippen molar-refractivity contribution in [2.24, 2.45) is 0 Å². The Morgan fingerprint density at radius 3 is 2.88 bits per heavy atom. The van der Waals surface area contributed by atoms with Crippen LogP contribution in [0.4, 0.5) is 0 Å². The molecule has 1 aliphatic rings. The predicted molar refractivity (Wildman–Crippen MR) is 98.9 cm³/mol. The van der Waals surface area contributed by atoms with Gasteiger partial charge in [0.1, 0.15) is 5.75 Å². The standard InChI is InChI=1S/C20H23NO2S/c1-15-2-5-18(6-3-15)24-13-10-20(22)21-11-8-16-4-7-19-17(14-16)9-12-23-19/h2-7,14H,8-13H2,1H3,(H,21,22). The van der Waals surface area contributed by atoms with Gasteiger partial charge in [0.05, 0.1) is 6.61 Å². The van der Waals surface area contributed by atoms with Crippen LogP contribution in [0, 0.1) is 6.92 Å². The van der Waals surface area contributed by atoms with Crippen LogP contribution in [-0.4, -0.2) is 24.8 Å². The van der Waals surface area contributed by atoms with Gasteiger partial charge in [0.25, 0.3) is 0 Å². The van der Waals surface area contributed by atoms with E-state index >= 15 is 0 Å². The molecular formula is C20H23NO2S. The van der Waals surface area contributed by atoms with E-state index in [1.54, 1.807) is 11.8 Å². The van der Waals surface area contributed by atoms with E-state index in [2.05, 4.69) is 48.6 Å². The molecule has 0 saturated heterocycles. The largest absolute Gasteiger partial charge is 0.493 e. The number of hydrogen-bond acceptors (Lipinski definition) is 3. The fourth-order valence-electron chi connectivity index (χ4n) is 2.73. The quantitative estimate of drug-likeness (QED) is 0.779. The van der Waals surface area contributed by atoms with Gasteiger partial charge in [-0.3, -0.25) is 4.79 Å². The Labute approximate surface area is 147 Å². The van der Waals surface area contributed by atoms with Crippen molar-refractivity contribution in [3.05, 3.63) is 59.2 Å². The fraction of sp³-hybridized carbons (Fsp3) is 0.350. The van der Waals surface area contributed by atoms with Crippen LogP contribution in [0.25, 0.3) is 0 Å². The molecular weight excluding hydrogens is 318 g/mol. The molecule has 1 N–H and O–H groups in total. The lowest BCUT2D eigenvalue weighted by Gasteiger charge is -2.07. The van der Waals surface area contributed by atoms with Crippen LogP contribution in [0.1, 0.15) is 23.1 Å². The maximum Gasteiger partial charge on any atom is 0.220 e. The van der Waals surface area contributed by atoms with Gasteiger partial charge in [0, 0.05) is 30.0 Å². The third-order valence-electron chi connectivity index (χ3n) is 4.11. The van der Waals surface area contributed by atoms with Crippen molar-refractivity contribution >= 4 is 17.7 Å². The van der Waals surface area contributed by atoms with E-state index < -0.39 is 0 Å². The molecule has 4 heteroatoms. The summed E-state index contributed by atoms with van der Waals surface area (Å²) in [5.41, 5.74) is 3.80. The van der Waals surface area contributed by atoms with Crippen LogP contribution in [0.15, 0.2) is 47.4 Å². The molecule has 0 saturated carbocycles. The molecule has 0 radical (unpaired) electrons. The summed E-state index contributed by atoms with van der Waals surface area (Å²) in [6, 6.07) is 14.7. The van der Waals surface area contributed by atoms with Gasteiger partial charge in [0.2, 0.25) is 5.91 Å². The number of rotatable bonds is 7. The molecule has 0 aliphatic carbocycles. The van der Waals surface area contributed by atoms with Crippen molar-refractivity contribution in [2.75, 3.05) is 18.9 Å². The highest BCUT2D eigenvalue weighted by atomic mass is 32.2. The van der Waals surface area contributed by atoms with Gasteiger partial charge in [0.15, 0.2) is 0 Å². The third-order valence-corrected chi connectivity index (χ3v) is 5.12. The van der Waals surface area contributed by atoms with Crippen LogP contribution < -0.4 is 10.1 Å². The molecule has 1 amide bonds. The Balaban J connectivity index is 1.34. The van der Waals surface area contributed by atoms with Gasteiger partial charge < -0.3 is 10.1 Å². The Hall–Kier alpha value is -1.94. The zero-order valence-corrected chi connectivity index (χ0v) is 14.8. The van der Waals surface area contributed by atoms with Crippen LogP contribution in [0.3, 0.4) is 0 Å². The second kappa shape index (κ2) is 8.25. The molecule has 0 unspecified atom stereocenters. The molecule has 3 rings (SSSR count). The Morgan fingerprint density at radius 2 is 2.04 bits per heavy atom. The van der Waals surface area contributed by atoms with Crippen molar-refractivity contribution in [1.29, 1.82) is 0 Å². The average Bonchev–Trinajstić information content (AvgIpc) is 3.04. The van der Waals surface area contributed by atoms with E-state index in [1.807, 2.05) is 6.07 Å². The highest BCUT2D eigenvalue weighted by Crippen LogP contribution is 2.25. The van der Waals surface area contributed by atoms with Crippen molar-refractivity contribution in [2.45, 2.75) is 31.1 Å². The number of fused-ring (bicyclic) bond motifs is 1. The van der Waals surface area contributed by atoms with Gasteiger partial charge in [-0.05, 0) is 42.7 Å². The van der Waals surface area contributed by atoms with E-state index in [1.165, 1.54) is 21.6 Å². The maximum atomic E-state index is 11.9. The average molecular weight is 341 g/mol. The SMILES string of the molecule is Cc1ccc(SCCC(=O)NCCc2ccc3c(c2)CCO3)cc1. The number of benzene rings is 2. The fourth-order valence-corrected chi connectivity index (χ4v) is 3.58. The zero-order valence-electron chi connectivity index (χ0n) is 14.0. The smallest absolute Gasteiger partial charge is 0.220 e. The van der Waals surface area contributed by atoms with Gasteiger partial charge in [-0.1, -0.05) is 29.8 Å². The highest BCUT2D eigenvalue weighted by molar-refractivity contribution is 7.99. The van der Waals surface area contributed by atoms with Crippen LogP contribution >= 0.6 is 11.8 Å². The molecule has 126 valence electrons. The first-order valence-corrected chi connectivity index (χ1v) is 9.40. The first-order valence-electron chi connectivity index (χ1n) is 8.41. The summed E-state index contributed by atoms with van der Waals surface area (Å²) in [6.45, 7) is 3.55. The lowest BCUT2D eigenvalue weighted by atomic mass is 10.1. The van der Waals surface area contributed by atoms with E-state index in [4.69, 9.17) is 4.74 Å². The lowest BCUT2D eigenvalue weighted by molar-refractivity contribution is -0.120. The Kier molecular flexibility index (Phi) is 5.81. The van der Waals surface area contributed by atoms with Gasteiger partial charge in [-0.25, -0.2) is 0 Å². The molecule has 0 aromatic heterocycles. The molecule has 2 aromatic rings. The summed E-state index contributed by atoms with van der Waals surface area (Å²) < 4.78 is 5.51. The summed E-state index contributed by atoms with van der Waals surface area (Å²) in [7, 11) is 0. The lowest BCUT2D eigenvalue weighted by Crippen LogP contribution is -2.25. The Morgan fingerprint density at radius 1 is 1.21 bits per heavy atom. The van der Waals surface area contributed by atoms with Crippen LogP contribution in [0.2, 0.25) is 0 Å². The molecule has 2 aromatic carbocycles. The number of nitrogens with one attached hydrogen (secondary N) is 1. The predicted octanol–water partition coefficient (Wildman–Crippen LogP) is 3.77. The second-order valence-electron chi connectivity index (χ2n) is 6.05. The summed E-state index contributed by atoms with van der Waals surface area (Å²) >= 11 is 1.73. The number of carbonyl (C=O) groups excluding carboxylic acids is 1. The number of carbonyl (C=O) groups is 1. The summed E-state index contributed by atoms with van der Waals surface area (Å²) in [5.74, 6) is 1.94. The number of amides is 1. The maximum absolute atomic E-state index is 11.9. The monoisotopic (exact) mass is 341 g/mol. The van der Waals surface area contributed by atoms with E-state index in [0.717, 1.165) is 31.0 Å². The van der Waals surface area contributed by atoms with E-state index in [0.29, 0.717) is 13.0 Å². The van der Waals surface area contributed by atoms with Gasteiger partial charge in [-0.2, -0.15) is 0 Å². The second-order valence-corrected chi connectivity index (χ2v) is 7.22. The highest BCUT2D eigenvalue weighted by Gasteiger charge is 2.11. The number of ether oxygens (including phenoxy) is 1. The molecule has 1 heterocycles. The molecule has 0 atom stereocenters. The topological polar surface area (TPSA) is 38.3 Å². The molecule has 0 fully saturated rings. The number of aryl methyl sites for hydroxylation is 1. The van der Waals surface area contributed by atoms with Crippen LogP contribution in [0.5, 0.6) is 5.75 Å². The molecule has 3 nitrogen and oxygen atoms in total. The first-order chi connectivity index (χ1) is 11.7. The molecule has 24 heavy (non-hydrogen) atoms. The minimum absolute atomic E-state index is 0.124. The molecule has 0 bridgehead atoms. The summed E-state index contributed by atoms with van der Waals surface area (Å²) in [6.07, 6.45) is 2.41. The van der Waals surface area contributed by atoms with Gasteiger partial charge in [-0.15, -0.1) is 11.8 Å². The molecule has 1 aliphatic heterocycles. The van der Waals surface area contributed by atoms with Crippen LogP contribution in [-0.2, 0) is 17.6 Å². The number of hydrogen-bond donors (Lipinski definition) is 1. The first kappa shape index (κ1) is 16.9. The van der Waals surface area contributed by atoms with Crippen molar-refractivity contribution in [3.8, 4) is 5.75 Å². The van der Waals surface area contributed by atoms with Crippen molar-refractivity contribution in [3.63, 3.8) is 0 Å². The normalized spacial score (nSPS) is 12.5. The van der Waals surface area contributed by atoms with Gasteiger partial charge >= 0.3 is 0 Å². The number of thioether (sulfide) groups is 1.